The molecule has 2 unspecified atom stereocenters. The summed E-state index contributed by atoms with van der Waals surface area (Å²) in [6, 6.07) is 7.04. The molecule has 18 heavy (non-hydrogen) atoms. The Bertz CT molecular complexity index is 433. The van der Waals surface area contributed by atoms with Gasteiger partial charge >= 0.3 is 6.09 Å². The molecule has 2 rings (SSSR count). The summed E-state index contributed by atoms with van der Waals surface area (Å²) >= 11 is 0. The molecule has 4 heteroatoms. The summed E-state index contributed by atoms with van der Waals surface area (Å²) in [4.78, 5) is 11.6. The molecule has 0 heterocycles. The van der Waals surface area contributed by atoms with E-state index in [-0.39, 0.29) is 29.4 Å². The molecule has 1 fully saturated rings. The Hall–Kier alpha value is -1.71. The lowest BCUT2D eigenvalue weighted by molar-refractivity contribution is 0.128. The molecule has 1 saturated carbocycles. The number of phenols is 1. The standard InChI is InChI=1S/C14H19NO3/c1-14(2,3)15-13(17)18-12-8-11(12)9-4-6-10(16)7-5-9/h4-7,11-12,16H,8H2,1-3H3,(H,15,17). The van der Waals surface area contributed by atoms with E-state index in [2.05, 4.69) is 5.32 Å². The van der Waals surface area contributed by atoms with Gasteiger partial charge in [0.2, 0.25) is 0 Å². The smallest absolute Gasteiger partial charge is 0.407 e. The van der Waals surface area contributed by atoms with E-state index in [9.17, 15) is 9.90 Å². The minimum atomic E-state index is -0.367. The molecule has 1 aromatic carbocycles. The number of ether oxygens (including phenoxy) is 1. The van der Waals surface area contributed by atoms with E-state index in [0.29, 0.717) is 0 Å². The Morgan fingerprint density at radius 3 is 2.50 bits per heavy atom. The first-order valence-corrected chi connectivity index (χ1v) is 6.13. The van der Waals surface area contributed by atoms with Crippen LogP contribution >= 0.6 is 0 Å². The van der Waals surface area contributed by atoms with Crippen LogP contribution in [0.4, 0.5) is 4.79 Å². The Kier molecular flexibility index (Phi) is 3.20. The number of rotatable bonds is 2. The van der Waals surface area contributed by atoms with Crippen LogP contribution in [0.1, 0.15) is 38.7 Å². The number of alkyl carbamates (subject to hydrolysis) is 1. The maximum Gasteiger partial charge on any atom is 0.407 e. The van der Waals surface area contributed by atoms with Gasteiger partial charge in [0.05, 0.1) is 0 Å². The van der Waals surface area contributed by atoms with Crippen molar-refractivity contribution in [2.75, 3.05) is 0 Å². The zero-order chi connectivity index (χ0) is 13.3. The molecule has 0 radical (unpaired) electrons. The van der Waals surface area contributed by atoms with Crippen molar-refractivity contribution in [3.63, 3.8) is 0 Å². The first kappa shape index (κ1) is 12.7. The zero-order valence-electron chi connectivity index (χ0n) is 10.9. The third-order valence-corrected chi connectivity index (χ3v) is 2.79. The topological polar surface area (TPSA) is 58.6 Å². The fourth-order valence-corrected chi connectivity index (χ4v) is 1.85. The minimum Gasteiger partial charge on any atom is -0.508 e. The summed E-state index contributed by atoms with van der Waals surface area (Å²) in [5.74, 6) is 0.513. The van der Waals surface area contributed by atoms with E-state index in [1.165, 1.54) is 0 Å². The predicted octanol–water partition coefficient (Wildman–Crippen LogP) is 2.77. The van der Waals surface area contributed by atoms with Crippen LogP contribution in [-0.2, 0) is 4.74 Å². The highest BCUT2D eigenvalue weighted by Crippen LogP contribution is 2.43. The van der Waals surface area contributed by atoms with E-state index in [1.807, 2.05) is 32.9 Å². The molecule has 1 aromatic rings. The van der Waals surface area contributed by atoms with Crippen molar-refractivity contribution in [1.29, 1.82) is 0 Å². The highest BCUT2D eigenvalue weighted by atomic mass is 16.6. The van der Waals surface area contributed by atoms with Gasteiger partial charge in [-0.15, -0.1) is 0 Å². The van der Waals surface area contributed by atoms with Crippen LogP contribution in [0.25, 0.3) is 0 Å². The molecule has 0 aromatic heterocycles. The number of hydrogen-bond donors (Lipinski definition) is 2. The number of aromatic hydroxyl groups is 1. The minimum absolute atomic E-state index is 0.0445. The van der Waals surface area contributed by atoms with Crippen LogP contribution in [-0.4, -0.2) is 22.8 Å². The molecular formula is C14H19NO3. The lowest BCUT2D eigenvalue weighted by atomic mass is 10.1. The monoisotopic (exact) mass is 249 g/mol. The van der Waals surface area contributed by atoms with Crippen molar-refractivity contribution in [2.45, 2.75) is 44.8 Å². The van der Waals surface area contributed by atoms with Gasteiger partial charge in [0.15, 0.2) is 0 Å². The highest BCUT2D eigenvalue weighted by molar-refractivity contribution is 5.68. The normalized spacial score (nSPS) is 22.4. The second-order valence-electron chi connectivity index (χ2n) is 5.75. The summed E-state index contributed by atoms with van der Waals surface area (Å²) in [6.07, 6.45) is 0.438. The average molecular weight is 249 g/mol. The summed E-state index contributed by atoms with van der Waals surface area (Å²) in [7, 11) is 0. The molecule has 0 saturated heterocycles. The first-order chi connectivity index (χ1) is 8.35. The second kappa shape index (κ2) is 4.52. The van der Waals surface area contributed by atoms with Crippen molar-refractivity contribution < 1.29 is 14.6 Å². The van der Waals surface area contributed by atoms with Crippen LogP contribution < -0.4 is 5.32 Å². The van der Waals surface area contributed by atoms with Crippen LogP contribution in [0.2, 0.25) is 0 Å². The average Bonchev–Trinajstić information content (AvgIpc) is 2.95. The Labute approximate surface area is 107 Å². The van der Waals surface area contributed by atoms with Gasteiger partial charge in [-0.1, -0.05) is 12.1 Å². The second-order valence-corrected chi connectivity index (χ2v) is 5.75. The molecule has 4 nitrogen and oxygen atoms in total. The molecule has 1 aliphatic rings. The van der Waals surface area contributed by atoms with Gasteiger partial charge in [0.1, 0.15) is 11.9 Å². The van der Waals surface area contributed by atoms with Gasteiger partial charge in [0.25, 0.3) is 0 Å². The summed E-state index contributed by atoms with van der Waals surface area (Å²) in [5.41, 5.74) is 0.821. The Morgan fingerprint density at radius 2 is 1.94 bits per heavy atom. The lowest BCUT2D eigenvalue weighted by Gasteiger charge is -2.20. The lowest BCUT2D eigenvalue weighted by Crippen LogP contribution is -2.41. The largest absolute Gasteiger partial charge is 0.508 e. The van der Waals surface area contributed by atoms with Crippen LogP contribution in [0.15, 0.2) is 24.3 Å². The molecular weight excluding hydrogens is 230 g/mol. The Balaban J connectivity index is 1.85. The Morgan fingerprint density at radius 1 is 1.33 bits per heavy atom. The molecule has 0 bridgehead atoms. The van der Waals surface area contributed by atoms with Crippen LogP contribution in [0, 0.1) is 0 Å². The number of hydrogen-bond acceptors (Lipinski definition) is 3. The molecule has 98 valence electrons. The molecule has 1 amide bonds. The number of benzene rings is 1. The maximum atomic E-state index is 11.6. The molecule has 2 N–H and O–H groups in total. The third-order valence-electron chi connectivity index (χ3n) is 2.79. The third kappa shape index (κ3) is 3.39. The summed E-state index contributed by atoms with van der Waals surface area (Å²) in [6.45, 7) is 5.75. The van der Waals surface area contributed by atoms with Crippen molar-refractivity contribution in [3.8, 4) is 5.75 Å². The van der Waals surface area contributed by atoms with Crippen molar-refractivity contribution >= 4 is 6.09 Å². The van der Waals surface area contributed by atoms with Crippen molar-refractivity contribution in [1.82, 2.24) is 5.32 Å². The number of nitrogens with one attached hydrogen (secondary N) is 1. The quantitative estimate of drug-likeness (QED) is 0.847. The molecule has 0 spiro atoms. The molecule has 2 atom stereocenters. The van der Waals surface area contributed by atoms with Gasteiger partial charge in [-0.3, -0.25) is 0 Å². The fraction of sp³-hybridized carbons (Fsp3) is 0.500. The van der Waals surface area contributed by atoms with E-state index < -0.39 is 0 Å². The van der Waals surface area contributed by atoms with E-state index in [0.717, 1.165) is 12.0 Å². The summed E-state index contributed by atoms with van der Waals surface area (Å²) in [5, 5.41) is 12.0. The van der Waals surface area contributed by atoms with Gasteiger partial charge < -0.3 is 15.2 Å². The molecule has 1 aliphatic carbocycles. The van der Waals surface area contributed by atoms with E-state index in [1.54, 1.807) is 12.1 Å². The van der Waals surface area contributed by atoms with Gasteiger partial charge in [0, 0.05) is 11.5 Å². The number of amides is 1. The first-order valence-electron chi connectivity index (χ1n) is 6.13. The van der Waals surface area contributed by atoms with Crippen LogP contribution in [0.3, 0.4) is 0 Å². The SMILES string of the molecule is CC(C)(C)NC(=O)OC1CC1c1ccc(O)cc1. The molecule has 0 aliphatic heterocycles. The highest BCUT2D eigenvalue weighted by Gasteiger charge is 2.42. The predicted molar refractivity (Wildman–Crippen MR) is 68.6 cm³/mol. The fourth-order valence-electron chi connectivity index (χ4n) is 1.85. The van der Waals surface area contributed by atoms with Gasteiger partial charge in [-0.25, -0.2) is 4.79 Å². The zero-order valence-corrected chi connectivity index (χ0v) is 10.9. The van der Waals surface area contributed by atoms with Crippen LogP contribution in [0.5, 0.6) is 5.75 Å². The van der Waals surface area contributed by atoms with Gasteiger partial charge in [-0.2, -0.15) is 0 Å². The number of carbonyl (C=O) groups excluding carboxylic acids is 1. The van der Waals surface area contributed by atoms with E-state index in [4.69, 9.17) is 4.74 Å². The van der Waals surface area contributed by atoms with Gasteiger partial charge in [-0.05, 0) is 44.9 Å². The number of phenolic OH excluding ortho intramolecular Hbond substituents is 1. The van der Waals surface area contributed by atoms with E-state index >= 15 is 0 Å². The van der Waals surface area contributed by atoms with Crippen molar-refractivity contribution in [2.24, 2.45) is 0 Å². The van der Waals surface area contributed by atoms with Crippen molar-refractivity contribution in [3.05, 3.63) is 29.8 Å². The maximum absolute atomic E-state index is 11.6. The summed E-state index contributed by atoms with van der Waals surface area (Å²) < 4.78 is 5.32. The number of carbonyl (C=O) groups is 1.